The lowest BCUT2D eigenvalue weighted by Crippen LogP contribution is -2.37. The third-order valence-corrected chi connectivity index (χ3v) is 25.2. The van der Waals surface area contributed by atoms with Crippen LogP contribution in [0.2, 0.25) is 0 Å². The highest BCUT2D eigenvalue weighted by molar-refractivity contribution is 6.06. The van der Waals surface area contributed by atoms with Crippen molar-refractivity contribution in [1.82, 2.24) is 40.0 Å². The predicted molar refractivity (Wildman–Crippen MR) is 548 cm³/mol. The maximum atomic E-state index is 6.00. The van der Waals surface area contributed by atoms with Gasteiger partial charge in [-0.3, -0.25) is 59.9 Å². The van der Waals surface area contributed by atoms with Crippen LogP contribution in [0.1, 0.15) is 140 Å². The minimum atomic E-state index is 0.134. The van der Waals surface area contributed by atoms with Crippen molar-refractivity contribution in [3.63, 3.8) is 0 Å². The molecule has 0 bridgehead atoms. The average Bonchev–Trinajstić information content (AvgIpc) is 1.74. The van der Waals surface area contributed by atoms with E-state index in [1.165, 1.54) is 38.9 Å². The van der Waals surface area contributed by atoms with E-state index < -0.39 is 0 Å². The highest BCUT2D eigenvalue weighted by Crippen LogP contribution is 2.38. The van der Waals surface area contributed by atoms with Crippen molar-refractivity contribution in [2.45, 2.75) is 200 Å². The Balaban J connectivity index is 0.000000139. The number of hydrogen-bond donors (Lipinski definition) is 6. The van der Waals surface area contributed by atoms with Gasteiger partial charge in [-0.1, -0.05) is 42.5 Å². The molecule has 0 aliphatic carbocycles. The number of nitrogens with one attached hydrogen (secondary N) is 2. The Hall–Kier alpha value is -13.2. The number of fused-ring (bicyclic) bond motifs is 6. The van der Waals surface area contributed by atoms with Gasteiger partial charge < -0.3 is 115 Å². The Morgan fingerprint density at radius 1 is 0.307 bits per heavy atom. The summed E-state index contributed by atoms with van der Waals surface area (Å²) in [6.07, 6.45) is 10.5. The molecule has 738 valence electrons. The second kappa shape index (κ2) is 49.0. The summed E-state index contributed by atoms with van der Waals surface area (Å²) in [5.74, 6) is 20.2. The highest BCUT2D eigenvalue weighted by Gasteiger charge is 2.28. The number of aliphatic imine (C=N–C) groups is 12. The van der Waals surface area contributed by atoms with Crippen LogP contribution in [0.25, 0.3) is 0 Å². The second-order valence-corrected chi connectivity index (χ2v) is 36.9. The van der Waals surface area contributed by atoms with E-state index in [1.807, 2.05) is 76.7 Å². The van der Waals surface area contributed by atoms with E-state index in [9.17, 15) is 0 Å². The number of benzene rings is 6. The Labute approximate surface area is 808 Å². The molecule has 12 aliphatic rings. The number of rotatable bonds is 18. The number of likely N-dealkylation sites (N-methyl/N-ethyl adjacent to an activating group) is 4. The van der Waals surface area contributed by atoms with Crippen LogP contribution < -0.4 is 85.7 Å². The van der Waals surface area contributed by atoms with Gasteiger partial charge in [-0.15, -0.1) is 0 Å². The molecule has 0 aromatic heterocycles. The van der Waals surface area contributed by atoms with Gasteiger partial charge in [-0.2, -0.15) is 0 Å². The van der Waals surface area contributed by atoms with Crippen LogP contribution in [0.4, 0.5) is 0 Å². The molecule has 35 heteroatoms. The largest absolute Gasteiger partial charge is 0.493 e. The molecule has 0 saturated heterocycles. The summed E-state index contributed by atoms with van der Waals surface area (Å²) >= 11 is 0. The van der Waals surface area contributed by atoms with Gasteiger partial charge in [0.1, 0.15) is 75.8 Å². The van der Waals surface area contributed by atoms with Gasteiger partial charge in [0.05, 0.1) is 107 Å². The van der Waals surface area contributed by atoms with Gasteiger partial charge >= 0.3 is 0 Å². The van der Waals surface area contributed by atoms with E-state index >= 15 is 0 Å². The van der Waals surface area contributed by atoms with E-state index in [4.69, 9.17) is 100 Å². The summed E-state index contributed by atoms with van der Waals surface area (Å²) in [5, 5.41) is 6.77. The fourth-order valence-electron chi connectivity index (χ4n) is 16.3. The molecule has 10 N–H and O–H groups in total. The molecule has 6 aromatic carbocycles. The van der Waals surface area contributed by atoms with Crippen LogP contribution in [0.5, 0.6) is 63.2 Å². The fraction of sp³-hybridized carbons (Fsp3) is 0.529. The van der Waals surface area contributed by atoms with Crippen LogP contribution in [0.3, 0.4) is 0 Å². The van der Waals surface area contributed by atoms with E-state index in [0.717, 1.165) is 220 Å². The molecule has 35 nitrogen and oxygen atoms in total. The molecule has 0 radical (unpaired) electrons. The van der Waals surface area contributed by atoms with Crippen molar-refractivity contribution in [2.24, 2.45) is 82.8 Å². The summed E-state index contributed by atoms with van der Waals surface area (Å²) in [7, 11) is 16.5. The van der Waals surface area contributed by atoms with Gasteiger partial charge in [-0.05, 0) is 207 Å². The lowest BCUT2D eigenvalue weighted by Gasteiger charge is -2.23. The molecular formula is C102H144N24O11. The summed E-state index contributed by atoms with van der Waals surface area (Å²) in [5.41, 5.74) is 32.4. The molecule has 9 atom stereocenters. The number of nitrogens with two attached hydrogens (primary N) is 4. The van der Waals surface area contributed by atoms with Crippen LogP contribution in [0, 0.1) is 0 Å². The summed E-state index contributed by atoms with van der Waals surface area (Å²) in [6.45, 7) is 28.4. The number of ether oxygens (including phenoxy) is 11. The normalized spacial score (nSPS) is 22.2. The SMILES string of the molecule is CC1CN=C(N(C)C)CC(N(C)CCc2ccc3c(c2)OCO3)=N1.CC1CN=C(N)CC(=NCCc2ccc3c(c2)CCO3)N1.CC1CN=C(N)CC(N(C)CCc2ccc3c(c2)OCO3)=N1.CC1N=C(N(C)C)CC(N(C)CCc2ccc3c(c2)OCO3)=NC1C.CC1N=C(N)CC(=NCCc2ccc3c(c2)OCO3)NC1C.CC1N=C(N)CC(N(C)CCc2ccc3c(c2)OCO3)=NC1C. The van der Waals surface area contributed by atoms with Crippen LogP contribution >= 0.6 is 0 Å². The summed E-state index contributed by atoms with van der Waals surface area (Å²) in [4.78, 5) is 68.5. The number of nitrogens with zero attached hydrogens (tertiary/aromatic N) is 18. The fourth-order valence-corrected chi connectivity index (χ4v) is 16.3. The molecule has 18 rings (SSSR count). The minimum Gasteiger partial charge on any atom is -0.493 e. The second-order valence-electron chi connectivity index (χ2n) is 36.9. The zero-order valence-corrected chi connectivity index (χ0v) is 83.2. The molecule has 6 aromatic rings. The van der Waals surface area contributed by atoms with E-state index in [-0.39, 0.29) is 48.3 Å². The lowest BCUT2D eigenvalue weighted by molar-refractivity contribution is 0.173. The van der Waals surface area contributed by atoms with Crippen LogP contribution in [0.15, 0.2) is 169 Å². The quantitative estimate of drug-likeness (QED) is 0.0465. The van der Waals surface area contributed by atoms with Crippen molar-refractivity contribution in [1.29, 1.82) is 0 Å². The molecular weight excluding hydrogens is 1740 g/mol. The van der Waals surface area contributed by atoms with E-state index in [0.29, 0.717) is 102 Å². The highest BCUT2D eigenvalue weighted by atomic mass is 16.7. The maximum absolute atomic E-state index is 6.00. The lowest BCUT2D eigenvalue weighted by atomic mass is 10.1. The topological polar surface area (TPSA) is 397 Å². The Bertz CT molecular complexity index is 5490. The zero-order valence-electron chi connectivity index (χ0n) is 83.2. The molecule has 0 fully saturated rings. The first-order valence-corrected chi connectivity index (χ1v) is 48.0. The molecule has 9 unspecified atom stereocenters. The first-order chi connectivity index (χ1) is 65.9. The van der Waals surface area contributed by atoms with Gasteiger partial charge in [-0.25, -0.2) is 0 Å². The van der Waals surface area contributed by atoms with E-state index in [2.05, 4.69) is 226 Å². The third kappa shape index (κ3) is 30.1. The molecule has 0 amide bonds. The number of amidine groups is 12. The van der Waals surface area contributed by atoms with Gasteiger partial charge in [0.15, 0.2) is 57.5 Å². The molecule has 0 saturated carbocycles. The first-order valence-electron chi connectivity index (χ1n) is 48.0. The Kier molecular flexibility index (Phi) is 36.2. The first kappa shape index (κ1) is 101. The van der Waals surface area contributed by atoms with Crippen molar-refractivity contribution in [3.05, 3.63) is 148 Å². The van der Waals surface area contributed by atoms with Crippen molar-refractivity contribution >= 4 is 70.0 Å². The average molecular weight is 1880 g/mol. The minimum absolute atomic E-state index is 0.134. The molecule has 12 heterocycles. The van der Waals surface area contributed by atoms with Gasteiger partial charge in [0.25, 0.3) is 0 Å². The third-order valence-electron chi connectivity index (χ3n) is 25.2. The van der Waals surface area contributed by atoms with Crippen molar-refractivity contribution in [2.75, 3.05) is 156 Å². The predicted octanol–water partition coefficient (Wildman–Crippen LogP) is 10.5. The molecule has 0 spiro atoms. The van der Waals surface area contributed by atoms with Crippen LogP contribution in [-0.2, 0) is 44.9 Å². The summed E-state index contributed by atoms with van der Waals surface area (Å²) in [6, 6.07) is 38.8. The number of hydrogen-bond acceptors (Lipinski definition) is 33. The molecule has 137 heavy (non-hydrogen) atoms. The standard InChI is InChI=1S/C19H28N4O2.C18H26N4O2.C17H24N4O2.2C16H22N4O2.C16H22N4O/c1-13-14(2)21-19(11-18(20-13)22(3)4)23(5)9-8-15-6-7-16-17(10-15)25-12-24-16;1-13-11-19-17(21(2)3)10-18(20-13)22(4)8-7-14-5-6-15-16(9-14)24-12-23-15;1-11-12(2)20-17(9-16(18)19-11)21(3)7-6-13-4-5-14-15(8-13)23-10-22-14;1-11-9-18-15(17)8-16(19-11)20(2)6-5-12-3-4-13-14(7-12)22-10-21-13;1-10-11(2)20-16(8-15(17)19-10)18-6-5-12-3-4-13-14(7-12)22-9-21-13;1-11-10-19-15(17)9-16(20-11)18-6-4-12-2-3-14-13(8-12)5-7-21-14/h6-7,10,13-14H,8-9,11-12H2,1-5H3;5-6,9,13H,7-8,10-12H2,1-4H3;4-5,8,11-12H,6-7,9-10H2,1-3H3,(H2,18,19);3-4,7,11H,5-6,8-10H2,1-2H3,(H2,17,18);3-4,7,10-11H,5-6,8-9H2,1-2H3,(H2,17,19)(H,18,20);2-3,8,11H,4-7,9-10H2,1H3,(H2,17,19)(H,18,20). The maximum Gasteiger partial charge on any atom is 0.231 e. The zero-order chi connectivity index (χ0) is 97.2. The van der Waals surface area contributed by atoms with Gasteiger partial charge in [0.2, 0.25) is 34.0 Å². The van der Waals surface area contributed by atoms with E-state index in [1.54, 1.807) is 0 Å². The Morgan fingerprint density at radius 3 is 1.07 bits per heavy atom. The smallest absolute Gasteiger partial charge is 0.231 e. The van der Waals surface area contributed by atoms with Gasteiger partial charge in [0, 0.05) is 114 Å². The Morgan fingerprint density at radius 2 is 0.628 bits per heavy atom. The summed E-state index contributed by atoms with van der Waals surface area (Å²) < 4.78 is 59.4. The monoisotopic (exact) mass is 1880 g/mol. The van der Waals surface area contributed by atoms with Crippen LogP contribution in [-0.4, -0.2) is 310 Å². The van der Waals surface area contributed by atoms with Crippen molar-refractivity contribution < 1.29 is 52.1 Å². The van der Waals surface area contributed by atoms with Crippen molar-refractivity contribution in [3.8, 4) is 63.2 Å². The molecule has 12 aliphatic heterocycles.